The van der Waals surface area contributed by atoms with E-state index in [9.17, 15) is 9.90 Å². The van der Waals surface area contributed by atoms with Crippen molar-refractivity contribution in [1.29, 1.82) is 0 Å². The fourth-order valence-electron chi connectivity index (χ4n) is 3.87. The number of aliphatic hydroxyl groups excluding tert-OH is 1. The van der Waals surface area contributed by atoms with E-state index in [2.05, 4.69) is 10.6 Å². The first kappa shape index (κ1) is 25.3. The quantitative estimate of drug-likeness (QED) is 0.330. The van der Waals surface area contributed by atoms with Crippen molar-refractivity contribution in [2.24, 2.45) is 0 Å². The van der Waals surface area contributed by atoms with Crippen molar-refractivity contribution in [3.05, 3.63) is 77.9 Å². The number of ether oxygens (including phenoxy) is 4. The van der Waals surface area contributed by atoms with Crippen molar-refractivity contribution in [3.63, 3.8) is 0 Å². The second-order valence-corrected chi connectivity index (χ2v) is 8.55. The number of hydrogen-bond acceptors (Lipinski definition) is 7. The van der Waals surface area contributed by atoms with Crippen LogP contribution < -0.4 is 29.6 Å². The van der Waals surface area contributed by atoms with Crippen LogP contribution in [0, 0.1) is 0 Å². The number of fused-ring (bicyclic) bond motifs is 1. The van der Waals surface area contributed by atoms with Gasteiger partial charge in [0.1, 0.15) is 48.5 Å². The van der Waals surface area contributed by atoms with Crippen molar-refractivity contribution in [1.82, 2.24) is 5.32 Å². The molecule has 0 saturated carbocycles. The standard InChI is InChI=1S/C28H32N2O6/c1-19(36-23-10-8-22(33-2)9-11-23)29-16-21(31)18-35-25-13-14-26(28-24(25)12-15-27(32)30-28)34-17-20-6-4-3-5-7-20/h3-11,13-14,19,21,29,31H,12,15-18H2,1-2H3,(H,30,32). The normalized spacial score (nSPS) is 14.2. The van der Waals surface area contributed by atoms with Gasteiger partial charge in [0.2, 0.25) is 5.91 Å². The molecule has 1 aliphatic heterocycles. The number of aliphatic hydroxyl groups is 1. The minimum Gasteiger partial charge on any atom is -0.497 e. The van der Waals surface area contributed by atoms with Crippen molar-refractivity contribution >= 4 is 11.6 Å². The average molecular weight is 493 g/mol. The molecule has 8 nitrogen and oxygen atoms in total. The molecule has 0 saturated heterocycles. The highest BCUT2D eigenvalue weighted by atomic mass is 16.5. The van der Waals surface area contributed by atoms with Gasteiger partial charge in [0.15, 0.2) is 0 Å². The Morgan fingerprint density at radius 1 is 0.944 bits per heavy atom. The Labute approximate surface area is 211 Å². The Morgan fingerprint density at radius 2 is 1.67 bits per heavy atom. The number of benzene rings is 3. The minimum absolute atomic E-state index is 0.0562. The van der Waals surface area contributed by atoms with Gasteiger partial charge in [-0.05, 0) is 55.3 Å². The summed E-state index contributed by atoms with van der Waals surface area (Å²) in [5.41, 5.74) is 2.54. The van der Waals surface area contributed by atoms with Crippen molar-refractivity contribution in [2.45, 2.75) is 38.7 Å². The van der Waals surface area contributed by atoms with Gasteiger partial charge in [0.25, 0.3) is 0 Å². The third-order valence-corrected chi connectivity index (χ3v) is 5.78. The number of nitrogens with one attached hydrogen (secondary N) is 2. The van der Waals surface area contributed by atoms with Gasteiger partial charge >= 0.3 is 0 Å². The first-order valence-electron chi connectivity index (χ1n) is 12.0. The van der Waals surface area contributed by atoms with Crippen molar-refractivity contribution < 1.29 is 28.8 Å². The van der Waals surface area contributed by atoms with Crippen molar-refractivity contribution in [2.75, 3.05) is 25.6 Å². The van der Waals surface area contributed by atoms with Crippen LogP contribution in [-0.2, 0) is 17.8 Å². The molecule has 1 amide bonds. The number of carbonyl (C=O) groups is 1. The van der Waals surface area contributed by atoms with Crippen LogP contribution in [0.1, 0.15) is 24.5 Å². The van der Waals surface area contributed by atoms with E-state index in [-0.39, 0.29) is 25.3 Å². The van der Waals surface area contributed by atoms with Gasteiger partial charge in [-0.25, -0.2) is 0 Å². The summed E-state index contributed by atoms with van der Waals surface area (Å²) in [5, 5.41) is 16.5. The highest BCUT2D eigenvalue weighted by Gasteiger charge is 2.23. The van der Waals surface area contributed by atoms with Crippen LogP contribution in [-0.4, -0.2) is 43.6 Å². The summed E-state index contributed by atoms with van der Waals surface area (Å²) in [6, 6.07) is 20.8. The summed E-state index contributed by atoms with van der Waals surface area (Å²) in [6.07, 6.45) is -0.150. The zero-order chi connectivity index (χ0) is 25.3. The maximum atomic E-state index is 12.1. The molecule has 1 aliphatic rings. The number of amides is 1. The van der Waals surface area contributed by atoms with Crippen LogP contribution in [0.3, 0.4) is 0 Å². The van der Waals surface area contributed by atoms with Gasteiger partial charge in [-0.1, -0.05) is 30.3 Å². The lowest BCUT2D eigenvalue weighted by atomic mass is 10.0. The molecule has 4 rings (SSSR count). The Hall–Kier alpha value is -3.75. The first-order valence-corrected chi connectivity index (χ1v) is 12.0. The molecule has 190 valence electrons. The third-order valence-electron chi connectivity index (χ3n) is 5.78. The molecule has 0 spiro atoms. The Balaban J connectivity index is 1.31. The monoisotopic (exact) mass is 492 g/mol. The van der Waals surface area contributed by atoms with Gasteiger partial charge in [0, 0.05) is 18.5 Å². The maximum Gasteiger partial charge on any atom is 0.224 e. The van der Waals surface area contributed by atoms with E-state index in [1.807, 2.05) is 67.6 Å². The number of anilines is 1. The number of rotatable bonds is 12. The smallest absolute Gasteiger partial charge is 0.224 e. The van der Waals surface area contributed by atoms with Gasteiger partial charge in [0.05, 0.1) is 12.8 Å². The molecule has 3 aromatic rings. The van der Waals surface area contributed by atoms with E-state index in [0.29, 0.717) is 42.4 Å². The lowest BCUT2D eigenvalue weighted by Gasteiger charge is -2.24. The highest BCUT2D eigenvalue weighted by molar-refractivity contribution is 5.96. The number of hydrogen-bond donors (Lipinski definition) is 3. The molecule has 36 heavy (non-hydrogen) atoms. The van der Waals surface area contributed by atoms with Gasteiger partial charge in [-0.15, -0.1) is 0 Å². The van der Waals surface area contributed by atoms with Gasteiger partial charge in [-0.2, -0.15) is 0 Å². The molecule has 0 fully saturated rings. The highest BCUT2D eigenvalue weighted by Crippen LogP contribution is 2.39. The SMILES string of the molecule is COc1ccc(OC(C)NCC(O)COc2ccc(OCc3ccccc3)c3c2CCC(=O)N3)cc1. The molecule has 8 heteroatoms. The van der Waals surface area contributed by atoms with Crippen molar-refractivity contribution in [3.8, 4) is 23.0 Å². The van der Waals surface area contributed by atoms with E-state index in [1.165, 1.54) is 0 Å². The molecule has 0 aromatic heterocycles. The topological polar surface area (TPSA) is 98.3 Å². The number of carbonyl (C=O) groups excluding carboxylic acids is 1. The fraction of sp³-hybridized carbons (Fsp3) is 0.321. The molecule has 0 bridgehead atoms. The predicted molar refractivity (Wildman–Crippen MR) is 137 cm³/mol. The van der Waals surface area contributed by atoms with Crippen LogP contribution in [0.5, 0.6) is 23.0 Å². The predicted octanol–water partition coefficient (Wildman–Crippen LogP) is 3.91. The molecular formula is C28H32N2O6. The maximum absolute atomic E-state index is 12.1. The largest absolute Gasteiger partial charge is 0.497 e. The zero-order valence-corrected chi connectivity index (χ0v) is 20.5. The second kappa shape index (κ2) is 12.3. The zero-order valence-electron chi connectivity index (χ0n) is 20.5. The first-order chi connectivity index (χ1) is 17.5. The average Bonchev–Trinajstić information content (AvgIpc) is 2.90. The minimum atomic E-state index is -0.755. The van der Waals surface area contributed by atoms with Gasteiger partial charge < -0.3 is 29.4 Å². The number of methoxy groups -OCH3 is 1. The van der Waals surface area contributed by atoms with Crippen LogP contribution in [0.2, 0.25) is 0 Å². The fourth-order valence-corrected chi connectivity index (χ4v) is 3.87. The molecule has 3 N–H and O–H groups in total. The summed E-state index contributed by atoms with van der Waals surface area (Å²) in [4.78, 5) is 12.1. The lowest BCUT2D eigenvalue weighted by Crippen LogP contribution is -2.39. The molecular weight excluding hydrogens is 460 g/mol. The van der Waals surface area contributed by atoms with E-state index >= 15 is 0 Å². The molecule has 1 heterocycles. The molecule has 2 atom stereocenters. The van der Waals surface area contributed by atoms with E-state index < -0.39 is 6.10 Å². The summed E-state index contributed by atoms with van der Waals surface area (Å²) < 4.78 is 22.9. The van der Waals surface area contributed by atoms with Crippen LogP contribution >= 0.6 is 0 Å². The molecule has 0 aliphatic carbocycles. The summed E-state index contributed by atoms with van der Waals surface area (Å²) >= 11 is 0. The van der Waals surface area contributed by atoms with E-state index in [1.54, 1.807) is 13.2 Å². The van der Waals surface area contributed by atoms with Gasteiger partial charge in [-0.3, -0.25) is 10.1 Å². The molecule has 3 aromatic carbocycles. The lowest BCUT2D eigenvalue weighted by molar-refractivity contribution is -0.116. The molecule has 0 radical (unpaired) electrons. The van der Waals surface area contributed by atoms with Crippen LogP contribution in [0.15, 0.2) is 66.7 Å². The van der Waals surface area contributed by atoms with E-state index in [0.717, 1.165) is 16.9 Å². The third kappa shape index (κ3) is 6.90. The van der Waals surface area contributed by atoms with Crippen LogP contribution in [0.25, 0.3) is 0 Å². The Morgan fingerprint density at radius 3 is 2.42 bits per heavy atom. The summed E-state index contributed by atoms with van der Waals surface area (Å²) in [7, 11) is 1.61. The second-order valence-electron chi connectivity index (χ2n) is 8.55. The van der Waals surface area contributed by atoms with E-state index in [4.69, 9.17) is 18.9 Å². The summed E-state index contributed by atoms with van der Waals surface area (Å²) in [5.74, 6) is 2.62. The Kier molecular flexibility index (Phi) is 8.65. The van der Waals surface area contributed by atoms with Crippen LogP contribution in [0.4, 0.5) is 5.69 Å². The molecule has 2 unspecified atom stereocenters. The summed E-state index contributed by atoms with van der Waals surface area (Å²) in [6.45, 7) is 2.64. The Bertz CT molecular complexity index is 1140.